The molecule has 9 atom stereocenters. The molecule has 1 N–H and O–H groups in total. The number of aliphatic hydroxyl groups is 1. The monoisotopic (exact) mass is 468 g/mol. The largest absolute Gasteiger partial charge is 0.472 e. The minimum Gasteiger partial charge on any atom is -0.472 e. The summed E-state index contributed by atoms with van der Waals surface area (Å²) in [4.78, 5) is 40.8. The minimum atomic E-state index is -1.50. The molecule has 8 nitrogen and oxygen atoms in total. The molecule has 0 radical (unpaired) electrons. The number of allylic oxidation sites excluding steroid dienone is 1. The predicted octanol–water partition coefficient (Wildman–Crippen LogP) is 2.30. The Balaban J connectivity index is 1.47. The SMILES string of the molecule is CC1(C)OC[C@]23C=CC(=O)C12C(=O)[C@@H](O)[C@]1(C)[C@@H]3CC[C@@]2(C)[C@H](c3ccoc3)OC(=O)[C@H]3O[C@@]312. The third-order valence-corrected chi connectivity index (χ3v) is 10.8. The lowest BCUT2D eigenvalue weighted by Crippen LogP contribution is -2.77. The summed E-state index contributed by atoms with van der Waals surface area (Å²) in [6.45, 7) is 7.61. The summed E-state index contributed by atoms with van der Waals surface area (Å²) in [5.41, 5.74) is -5.71. The predicted molar refractivity (Wildman–Crippen MR) is 114 cm³/mol. The summed E-state index contributed by atoms with van der Waals surface area (Å²) in [5.74, 6) is -1.65. The van der Waals surface area contributed by atoms with Gasteiger partial charge in [-0.3, -0.25) is 9.59 Å². The van der Waals surface area contributed by atoms with Gasteiger partial charge in [0.2, 0.25) is 0 Å². The van der Waals surface area contributed by atoms with Crippen LogP contribution in [0.15, 0.2) is 35.2 Å². The Hall–Kier alpha value is -2.29. The van der Waals surface area contributed by atoms with E-state index < -0.39 is 62.9 Å². The Morgan fingerprint density at radius 1 is 1.09 bits per heavy atom. The van der Waals surface area contributed by atoms with Gasteiger partial charge in [0.25, 0.3) is 0 Å². The van der Waals surface area contributed by atoms with Crippen LogP contribution in [0.2, 0.25) is 0 Å². The first-order valence-electron chi connectivity index (χ1n) is 12.0. The number of ether oxygens (including phenoxy) is 3. The zero-order valence-corrected chi connectivity index (χ0v) is 19.6. The number of hydrogen-bond acceptors (Lipinski definition) is 8. The van der Waals surface area contributed by atoms with Gasteiger partial charge in [-0.15, -0.1) is 0 Å². The van der Waals surface area contributed by atoms with Gasteiger partial charge in [0.15, 0.2) is 17.7 Å². The Labute approximate surface area is 196 Å². The Kier molecular flexibility index (Phi) is 3.45. The maximum Gasteiger partial charge on any atom is 0.339 e. The average molecular weight is 469 g/mol. The van der Waals surface area contributed by atoms with E-state index in [2.05, 4.69) is 0 Å². The van der Waals surface area contributed by atoms with E-state index >= 15 is 0 Å². The summed E-state index contributed by atoms with van der Waals surface area (Å²) in [6.07, 6.45) is 4.65. The van der Waals surface area contributed by atoms with E-state index in [0.29, 0.717) is 12.8 Å². The van der Waals surface area contributed by atoms with E-state index in [1.165, 1.54) is 12.3 Å². The van der Waals surface area contributed by atoms with Crippen molar-refractivity contribution >= 4 is 17.5 Å². The average Bonchev–Trinajstić information content (AvgIpc) is 3.08. The van der Waals surface area contributed by atoms with Crippen LogP contribution >= 0.6 is 0 Å². The van der Waals surface area contributed by atoms with Crippen molar-refractivity contribution in [2.24, 2.45) is 27.6 Å². The van der Waals surface area contributed by atoms with Gasteiger partial charge in [-0.25, -0.2) is 4.79 Å². The number of hydrogen-bond donors (Lipinski definition) is 1. The third-order valence-electron chi connectivity index (χ3n) is 10.8. The van der Waals surface area contributed by atoms with Crippen LogP contribution < -0.4 is 0 Å². The summed E-state index contributed by atoms with van der Waals surface area (Å²) >= 11 is 0. The number of esters is 1. The van der Waals surface area contributed by atoms with Crippen LogP contribution in [0, 0.1) is 27.6 Å². The highest BCUT2D eigenvalue weighted by atomic mass is 16.7. The lowest BCUT2D eigenvalue weighted by molar-refractivity contribution is -0.239. The van der Waals surface area contributed by atoms with Gasteiger partial charge < -0.3 is 23.7 Å². The topological polar surface area (TPSA) is 116 Å². The second kappa shape index (κ2) is 5.58. The molecule has 8 heteroatoms. The maximum atomic E-state index is 14.2. The van der Waals surface area contributed by atoms with Gasteiger partial charge in [0.1, 0.15) is 23.2 Å². The fraction of sp³-hybridized carbons (Fsp3) is 0.654. The lowest BCUT2D eigenvalue weighted by atomic mass is 9.34. The standard InChI is InChI=1S/C26H28O8/c1-21(2)25-15(27)6-9-24(25,12-32-21)14-5-8-22(3)18(13-7-10-31-11-13)33-20(30)19-26(22,34-19)23(14,4)16(28)17(25)29/h6-7,9-11,14,16,18-19,28H,5,8,12H2,1-4H3/t14-,16+,18-,19+,22-,23-,24-,25?,26+/m0/s1. The van der Waals surface area contributed by atoms with Crippen molar-refractivity contribution in [1.29, 1.82) is 0 Å². The zero-order valence-electron chi connectivity index (χ0n) is 19.6. The first-order chi connectivity index (χ1) is 16.0. The molecule has 6 aliphatic rings. The maximum absolute atomic E-state index is 14.2. The molecule has 1 spiro atoms. The molecule has 5 fully saturated rings. The number of cyclic esters (lactones) is 1. The van der Waals surface area contributed by atoms with Crippen molar-refractivity contribution in [2.75, 3.05) is 6.61 Å². The van der Waals surface area contributed by atoms with Crippen molar-refractivity contribution < 1.29 is 38.1 Å². The number of carbonyl (C=O) groups is 3. The molecule has 1 aromatic heterocycles. The van der Waals surface area contributed by atoms with Crippen LogP contribution in [0.5, 0.6) is 0 Å². The second-order valence-electron chi connectivity index (χ2n) is 12.0. The Morgan fingerprint density at radius 2 is 1.85 bits per heavy atom. The van der Waals surface area contributed by atoms with E-state index in [9.17, 15) is 19.5 Å². The number of rotatable bonds is 1. The van der Waals surface area contributed by atoms with E-state index in [0.717, 1.165) is 5.56 Å². The molecule has 3 saturated heterocycles. The van der Waals surface area contributed by atoms with Crippen LogP contribution in [0.1, 0.15) is 52.2 Å². The molecular weight excluding hydrogens is 440 g/mol. The second-order valence-corrected chi connectivity index (χ2v) is 12.0. The van der Waals surface area contributed by atoms with Crippen LogP contribution in [-0.4, -0.2) is 52.7 Å². The summed E-state index contributed by atoms with van der Waals surface area (Å²) in [6, 6.07) is 1.77. The molecule has 34 heavy (non-hydrogen) atoms. The number of ketones is 2. The minimum absolute atomic E-state index is 0.202. The highest BCUT2D eigenvalue weighted by molar-refractivity contribution is 6.18. The fourth-order valence-electron chi connectivity index (χ4n) is 9.42. The molecule has 7 rings (SSSR count). The Morgan fingerprint density at radius 3 is 2.56 bits per heavy atom. The first-order valence-corrected chi connectivity index (χ1v) is 12.0. The summed E-state index contributed by atoms with van der Waals surface area (Å²) in [5, 5.41) is 11.9. The summed E-state index contributed by atoms with van der Waals surface area (Å²) in [7, 11) is 0. The molecule has 0 aromatic carbocycles. The van der Waals surface area contributed by atoms with Gasteiger partial charge in [-0.1, -0.05) is 19.9 Å². The van der Waals surface area contributed by atoms with Crippen molar-refractivity contribution in [3.63, 3.8) is 0 Å². The van der Waals surface area contributed by atoms with E-state index in [1.54, 1.807) is 26.2 Å². The highest BCUT2D eigenvalue weighted by Crippen LogP contribution is 2.81. The third kappa shape index (κ3) is 1.68. The molecule has 3 aliphatic carbocycles. The van der Waals surface area contributed by atoms with E-state index in [1.807, 2.05) is 19.9 Å². The van der Waals surface area contributed by atoms with Crippen molar-refractivity contribution in [3.8, 4) is 0 Å². The molecule has 1 aromatic rings. The number of fused-ring (bicyclic) bond motifs is 1. The number of Topliss-reactive ketones (excluding diaryl/α,β-unsaturated/α-hetero) is 1. The van der Waals surface area contributed by atoms with Crippen LogP contribution in [0.25, 0.3) is 0 Å². The smallest absolute Gasteiger partial charge is 0.339 e. The van der Waals surface area contributed by atoms with Crippen molar-refractivity contribution in [3.05, 3.63) is 36.3 Å². The number of carbonyl (C=O) groups excluding carboxylic acids is 3. The van der Waals surface area contributed by atoms with Crippen LogP contribution in [0.4, 0.5) is 0 Å². The molecule has 3 aliphatic heterocycles. The van der Waals surface area contributed by atoms with Gasteiger partial charge in [0.05, 0.1) is 24.7 Å². The number of epoxide rings is 1. The van der Waals surface area contributed by atoms with Crippen molar-refractivity contribution in [1.82, 2.24) is 0 Å². The summed E-state index contributed by atoms with van der Waals surface area (Å²) < 4.78 is 23.7. The lowest BCUT2D eigenvalue weighted by Gasteiger charge is -2.66. The van der Waals surface area contributed by atoms with Crippen LogP contribution in [0.3, 0.4) is 0 Å². The first kappa shape index (κ1) is 21.0. The normalized spacial score (nSPS) is 54.0. The molecule has 4 heterocycles. The molecule has 2 saturated carbocycles. The van der Waals surface area contributed by atoms with Gasteiger partial charge in [-0.05, 0) is 44.7 Å². The van der Waals surface area contributed by atoms with E-state index in [-0.39, 0.29) is 18.3 Å². The number of furan rings is 1. The molecule has 0 amide bonds. The molecule has 0 bridgehead atoms. The van der Waals surface area contributed by atoms with Gasteiger partial charge in [-0.2, -0.15) is 0 Å². The Bertz CT molecular complexity index is 1200. The molecular formula is C26H28O8. The highest BCUT2D eigenvalue weighted by Gasteiger charge is 2.92. The van der Waals surface area contributed by atoms with E-state index in [4.69, 9.17) is 18.6 Å². The van der Waals surface area contributed by atoms with Crippen LogP contribution in [-0.2, 0) is 28.6 Å². The molecule has 1 unspecified atom stereocenters. The van der Waals surface area contributed by atoms with Gasteiger partial charge in [0, 0.05) is 21.8 Å². The molecule has 180 valence electrons. The quantitative estimate of drug-likeness (QED) is 0.379. The number of aliphatic hydroxyl groups excluding tert-OH is 1. The van der Waals surface area contributed by atoms with Crippen molar-refractivity contribution in [2.45, 2.75) is 70.1 Å². The fourth-order valence-corrected chi connectivity index (χ4v) is 9.42. The zero-order chi connectivity index (χ0) is 24.1. The van der Waals surface area contributed by atoms with Gasteiger partial charge >= 0.3 is 5.97 Å².